The number of carbonyl (C=O) groups excluding carboxylic acids is 1. The number of aromatic nitrogens is 1. The van der Waals surface area contributed by atoms with E-state index in [1.807, 2.05) is 5.38 Å². The smallest absolute Gasteiger partial charge is 0.311 e. The Kier molecular flexibility index (Phi) is 3.38. The van der Waals surface area contributed by atoms with Gasteiger partial charge in [-0.2, -0.15) is 0 Å². The fourth-order valence-electron chi connectivity index (χ4n) is 2.18. The summed E-state index contributed by atoms with van der Waals surface area (Å²) in [4.78, 5) is 18.0. The lowest BCUT2D eigenvalue weighted by atomic mass is 10.0. The summed E-state index contributed by atoms with van der Waals surface area (Å²) in [7, 11) is 1.40. The molecule has 5 heteroatoms. The second-order valence-corrected chi connectivity index (χ2v) is 5.78. The van der Waals surface area contributed by atoms with Gasteiger partial charge in [-0.15, -0.1) is 11.3 Å². The van der Waals surface area contributed by atoms with E-state index in [2.05, 4.69) is 28.5 Å². The lowest BCUT2D eigenvalue weighted by molar-refractivity contribution is -0.139. The molecule has 1 aromatic heterocycles. The highest BCUT2D eigenvalue weighted by Gasteiger charge is 2.33. The van der Waals surface area contributed by atoms with Crippen molar-refractivity contribution in [3.63, 3.8) is 0 Å². The third kappa shape index (κ3) is 2.60. The van der Waals surface area contributed by atoms with Crippen molar-refractivity contribution >= 4 is 22.4 Å². The molecule has 94 valence electrons. The summed E-state index contributed by atoms with van der Waals surface area (Å²) in [5.41, 5.74) is 0.986. The minimum absolute atomic E-state index is 0.181. The number of carbonyl (C=O) groups is 1. The molecule has 17 heavy (non-hydrogen) atoms. The number of ether oxygens (including phenoxy) is 1. The van der Waals surface area contributed by atoms with Crippen LogP contribution in [0.15, 0.2) is 5.38 Å². The molecule has 1 saturated heterocycles. The molecule has 0 N–H and O–H groups in total. The van der Waals surface area contributed by atoms with Crippen LogP contribution in [0.4, 0.5) is 5.13 Å². The maximum Gasteiger partial charge on any atom is 0.311 e. The van der Waals surface area contributed by atoms with Crippen molar-refractivity contribution in [2.24, 2.45) is 0 Å². The number of thiazole rings is 1. The highest BCUT2D eigenvalue weighted by molar-refractivity contribution is 7.13. The Morgan fingerprint density at radius 1 is 1.65 bits per heavy atom. The van der Waals surface area contributed by atoms with Gasteiger partial charge in [-0.05, 0) is 26.7 Å². The summed E-state index contributed by atoms with van der Waals surface area (Å²) < 4.78 is 4.64. The summed E-state index contributed by atoms with van der Waals surface area (Å²) in [6.07, 6.45) is 2.67. The molecule has 0 aromatic carbocycles. The lowest BCUT2D eigenvalue weighted by Crippen LogP contribution is -2.38. The fraction of sp³-hybridized carbons (Fsp3) is 0.667. The molecule has 0 saturated carbocycles. The number of nitrogens with zero attached hydrogens (tertiary/aromatic N) is 2. The molecule has 2 heterocycles. The van der Waals surface area contributed by atoms with E-state index in [1.54, 1.807) is 11.3 Å². The number of methoxy groups -OCH3 is 1. The first kappa shape index (κ1) is 12.4. The maximum absolute atomic E-state index is 11.2. The molecule has 0 aliphatic carbocycles. The Morgan fingerprint density at radius 2 is 2.41 bits per heavy atom. The van der Waals surface area contributed by atoms with Crippen LogP contribution in [-0.2, 0) is 16.0 Å². The first-order valence-electron chi connectivity index (χ1n) is 5.82. The van der Waals surface area contributed by atoms with E-state index in [-0.39, 0.29) is 17.9 Å². The van der Waals surface area contributed by atoms with Gasteiger partial charge >= 0.3 is 5.97 Å². The van der Waals surface area contributed by atoms with Crippen molar-refractivity contribution in [1.29, 1.82) is 0 Å². The number of anilines is 1. The van der Waals surface area contributed by atoms with E-state index >= 15 is 0 Å². The topological polar surface area (TPSA) is 42.4 Å². The van der Waals surface area contributed by atoms with Gasteiger partial charge in [0.2, 0.25) is 0 Å². The van der Waals surface area contributed by atoms with Gasteiger partial charge in [0.1, 0.15) is 0 Å². The van der Waals surface area contributed by atoms with Crippen LogP contribution in [0.5, 0.6) is 0 Å². The van der Waals surface area contributed by atoms with Gasteiger partial charge in [0.05, 0.1) is 19.2 Å². The molecular weight excluding hydrogens is 236 g/mol. The Hall–Kier alpha value is -1.10. The van der Waals surface area contributed by atoms with Gasteiger partial charge in [-0.25, -0.2) is 4.98 Å². The largest absolute Gasteiger partial charge is 0.469 e. The number of rotatable bonds is 3. The van der Waals surface area contributed by atoms with Crippen LogP contribution in [0.25, 0.3) is 0 Å². The van der Waals surface area contributed by atoms with Crippen LogP contribution >= 0.6 is 11.3 Å². The highest BCUT2D eigenvalue weighted by atomic mass is 32.1. The van der Waals surface area contributed by atoms with Crippen LogP contribution in [-0.4, -0.2) is 30.1 Å². The van der Waals surface area contributed by atoms with Gasteiger partial charge in [0.25, 0.3) is 0 Å². The lowest BCUT2D eigenvalue weighted by Gasteiger charge is -2.31. The second kappa shape index (κ2) is 4.64. The average Bonchev–Trinajstić information content (AvgIpc) is 2.84. The summed E-state index contributed by atoms with van der Waals surface area (Å²) in [5.74, 6) is -0.234. The quantitative estimate of drug-likeness (QED) is 0.776. The standard InChI is InChI=1S/C12H18N2O2S/c1-12(2)5-4-6-14(12)11-13-9(8-17-11)7-10(15)16-3/h8H,4-7H2,1-3H3. The molecule has 0 atom stereocenters. The van der Waals surface area contributed by atoms with Crippen molar-refractivity contribution < 1.29 is 9.53 Å². The van der Waals surface area contributed by atoms with Crippen LogP contribution in [0.3, 0.4) is 0 Å². The van der Waals surface area contributed by atoms with Crippen molar-refractivity contribution in [1.82, 2.24) is 4.98 Å². The molecule has 0 unspecified atom stereocenters. The van der Waals surface area contributed by atoms with Crippen LogP contribution in [0.2, 0.25) is 0 Å². The molecule has 1 aromatic rings. The van der Waals surface area contributed by atoms with Gasteiger partial charge in [-0.3, -0.25) is 4.79 Å². The summed E-state index contributed by atoms with van der Waals surface area (Å²) in [6, 6.07) is 0. The molecule has 4 nitrogen and oxygen atoms in total. The third-order valence-electron chi connectivity index (χ3n) is 3.22. The first-order valence-corrected chi connectivity index (χ1v) is 6.70. The van der Waals surface area contributed by atoms with Crippen molar-refractivity contribution in [3.05, 3.63) is 11.1 Å². The van der Waals surface area contributed by atoms with Crippen LogP contribution < -0.4 is 4.90 Å². The molecule has 1 aliphatic heterocycles. The minimum Gasteiger partial charge on any atom is -0.469 e. The summed E-state index contributed by atoms with van der Waals surface area (Å²) in [5, 5.41) is 2.96. The normalized spacial score (nSPS) is 18.4. The second-order valence-electron chi connectivity index (χ2n) is 4.94. The maximum atomic E-state index is 11.2. The molecule has 2 rings (SSSR count). The summed E-state index contributed by atoms with van der Waals surface area (Å²) >= 11 is 1.61. The van der Waals surface area contributed by atoms with Crippen molar-refractivity contribution in [2.45, 2.75) is 38.6 Å². The number of hydrogen-bond donors (Lipinski definition) is 0. The summed E-state index contributed by atoms with van der Waals surface area (Å²) in [6.45, 7) is 5.53. The van der Waals surface area contributed by atoms with Gasteiger partial charge in [0, 0.05) is 17.5 Å². The van der Waals surface area contributed by atoms with E-state index in [0.717, 1.165) is 17.4 Å². The Morgan fingerprint density at radius 3 is 3.00 bits per heavy atom. The predicted molar refractivity (Wildman–Crippen MR) is 68.5 cm³/mol. The Bertz CT molecular complexity index is 414. The van der Waals surface area contributed by atoms with Crippen molar-refractivity contribution in [3.8, 4) is 0 Å². The molecule has 0 amide bonds. The number of esters is 1. The van der Waals surface area contributed by atoms with Crippen LogP contribution in [0, 0.1) is 0 Å². The zero-order valence-electron chi connectivity index (χ0n) is 10.5. The monoisotopic (exact) mass is 254 g/mol. The Labute approximate surface area is 106 Å². The van der Waals surface area contributed by atoms with E-state index in [4.69, 9.17) is 0 Å². The zero-order valence-corrected chi connectivity index (χ0v) is 11.3. The van der Waals surface area contributed by atoms with E-state index in [1.165, 1.54) is 20.0 Å². The van der Waals surface area contributed by atoms with Crippen LogP contribution in [0.1, 0.15) is 32.4 Å². The molecule has 0 bridgehead atoms. The fourth-order valence-corrected chi connectivity index (χ4v) is 3.20. The minimum atomic E-state index is -0.234. The van der Waals surface area contributed by atoms with Gasteiger partial charge < -0.3 is 9.64 Å². The van der Waals surface area contributed by atoms with E-state index in [9.17, 15) is 4.79 Å². The van der Waals surface area contributed by atoms with Crippen molar-refractivity contribution in [2.75, 3.05) is 18.6 Å². The predicted octanol–water partition coefficient (Wildman–Crippen LogP) is 2.24. The molecular formula is C12H18N2O2S. The number of hydrogen-bond acceptors (Lipinski definition) is 5. The van der Waals surface area contributed by atoms with E-state index < -0.39 is 0 Å². The third-order valence-corrected chi connectivity index (χ3v) is 4.14. The highest BCUT2D eigenvalue weighted by Crippen LogP contribution is 2.35. The molecule has 1 fully saturated rings. The van der Waals surface area contributed by atoms with E-state index in [0.29, 0.717) is 0 Å². The first-order chi connectivity index (χ1) is 8.03. The molecule has 1 aliphatic rings. The average molecular weight is 254 g/mol. The zero-order chi connectivity index (χ0) is 12.5. The van der Waals surface area contributed by atoms with Gasteiger partial charge in [0.15, 0.2) is 5.13 Å². The van der Waals surface area contributed by atoms with Gasteiger partial charge in [-0.1, -0.05) is 0 Å². The Balaban J connectivity index is 2.10. The molecule has 0 spiro atoms. The molecule has 0 radical (unpaired) electrons. The SMILES string of the molecule is COC(=O)Cc1csc(N2CCCC2(C)C)n1.